The first-order chi connectivity index (χ1) is 16.4. The molecule has 1 aromatic carbocycles. The number of aromatic amines is 1. The van der Waals surface area contributed by atoms with Crippen molar-refractivity contribution >= 4 is 22.3 Å². The van der Waals surface area contributed by atoms with Crippen molar-refractivity contribution in [1.29, 1.82) is 0 Å². The lowest BCUT2D eigenvalue weighted by molar-refractivity contribution is 0.0944. The fourth-order valence-electron chi connectivity index (χ4n) is 4.17. The van der Waals surface area contributed by atoms with Crippen LogP contribution in [-0.4, -0.2) is 30.5 Å². The van der Waals surface area contributed by atoms with Gasteiger partial charge in [-0.05, 0) is 42.7 Å². The van der Waals surface area contributed by atoms with Gasteiger partial charge in [-0.25, -0.2) is 4.52 Å². The first kappa shape index (κ1) is 21.5. The molecule has 8 heteroatoms. The van der Waals surface area contributed by atoms with Crippen LogP contribution in [0.2, 0.25) is 0 Å². The van der Waals surface area contributed by atoms with Crippen LogP contribution in [0.25, 0.3) is 27.7 Å². The van der Waals surface area contributed by atoms with Crippen LogP contribution in [0, 0.1) is 6.92 Å². The molecule has 0 unspecified atom stereocenters. The number of carbonyl (C=O) groups is 1. The Morgan fingerprint density at radius 3 is 2.76 bits per heavy atom. The quantitative estimate of drug-likeness (QED) is 0.419. The number of fused-ring (bicyclic) bond motifs is 2. The molecule has 0 aliphatic carbocycles. The van der Waals surface area contributed by atoms with E-state index in [9.17, 15) is 9.59 Å². The van der Waals surface area contributed by atoms with Crippen LogP contribution in [0.3, 0.4) is 0 Å². The minimum atomic E-state index is -0.345. The first-order valence-corrected chi connectivity index (χ1v) is 11.1. The number of amides is 1. The van der Waals surface area contributed by atoms with Crippen LogP contribution < -0.4 is 10.9 Å². The van der Waals surface area contributed by atoms with Crippen molar-refractivity contribution in [3.8, 4) is 11.3 Å². The fraction of sp³-hybridized carbons (Fsp3) is 0.192. The third-order valence-electron chi connectivity index (χ3n) is 5.87. The van der Waals surface area contributed by atoms with E-state index < -0.39 is 0 Å². The number of H-pyrrole nitrogens is 1. The summed E-state index contributed by atoms with van der Waals surface area (Å²) in [5, 5.41) is 8.39. The summed E-state index contributed by atoms with van der Waals surface area (Å²) >= 11 is 0. The minimum Gasteiger partial charge on any atom is -0.345 e. The standard InChI is InChI=1S/C26H24N6O2/c1-15(2)22-23(25(33)29-13-18-8-4-5-10-27-18)31-32-14-21(30-26(34)24(22)32)17-11-19-16(3)7-6-9-20(19)28-12-17/h4-12,14-15H,13H2,1-3H3,(H,29,33)(H,30,34). The number of benzene rings is 1. The summed E-state index contributed by atoms with van der Waals surface area (Å²) in [5.41, 5.74) is 4.99. The SMILES string of the molecule is Cc1cccc2ncc(-c3cn4nc(C(=O)NCc5ccccn5)c(C(C)C)c4c(=O)[nH]3)cc12. The smallest absolute Gasteiger partial charge is 0.274 e. The van der Waals surface area contributed by atoms with Crippen LogP contribution in [0.15, 0.2) is 65.8 Å². The number of aromatic nitrogens is 5. The predicted molar refractivity (Wildman–Crippen MR) is 131 cm³/mol. The maximum absolute atomic E-state index is 13.2. The average Bonchev–Trinajstić information content (AvgIpc) is 3.24. The Labute approximate surface area is 195 Å². The zero-order valence-corrected chi connectivity index (χ0v) is 19.2. The molecule has 0 aliphatic heterocycles. The van der Waals surface area contributed by atoms with Crippen molar-refractivity contribution in [2.24, 2.45) is 0 Å². The molecule has 0 radical (unpaired) electrons. The van der Waals surface area contributed by atoms with Crippen molar-refractivity contribution in [2.75, 3.05) is 0 Å². The molecule has 0 bridgehead atoms. The number of carbonyl (C=O) groups excluding carboxylic acids is 1. The molecule has 34 heavy (non-hydrogen) atoms. The lowest BCUT2D eigenvalue weighted by Gasteiger charge is -2.08. The molecular weight excluding hydrogens is 428 g/mol. The molecule has 2 N–H and O–H groups in total. The molecule has 0 saturated carbocycles. The lowest BCUT2D eigenvalue weighted by atomic mass is 10.0. The monoisotopic (exact) mass is 452 g/mol. The number of pyridine rings is 2. The minimum absolute atomic E-state index is 0.0787. The number of nitrogens with one attached hydrogen (secondary N) is 2. The Morgan fingerprint density at radius 1 is 1.15 bits per heavy atom. The van der Waals surface area contributed by atoms with Crippen LogP contribution in [0.4, 0.5) is 0 Å². The van der Waals surface area contributed by atoms with Gasteiger partial charge in [-0.2, -0.15) is 5.10 Å². The number of hydrogen-bond acceptors (Lipinski definition) is 5. The Balaban J connectivity index is 1.57. The zero-order chi connectivity index (χ0) is 23.8. The van der Waals surface area contributed by atoms with Gasteiger partial charge in [0.2, 0.25) is 0 Å². The molecule has 4 aromatic heterocycles. The number of nitrogens with zero attached hydrogens (tertiary/aromatic N) is 4. The van der Waals surface area contributed by atoms with Crippen LogP contribution in [0.1, 0.15) is 47.1 Å². The number of rotatable bonds is 5. The van der Waals surface area contributed by atoms with E-state index in [0.29, 0.717) is 16.8 Å². The van der Waals surface area contributed by atoms with Gasteiger partial charge in [0.25, 0.3) is 11.5 Å². The molecule has 0 saturated heterocycles. The molecule has 0 atom stereocenters. The molecule has 170 valence electrons. The van der Waals surface area contributed by atoms with Crippen molar-refractivity contribution < 1.29 is 4.79 Å². The second kappa shape index (κ2) is 8.55. The Bertz CT molecular complexity index is 1580. The van der Waals surface area contributed by atoms with E-state index in [2.05, 4.69) is 25.4 Å². The maximum Gasteiger partial charge on any atom is 0.274 e. The van der Waals surface area contributed by atoms with E-state index in [1.165, 1.54) is 4.52 Å². The molecule has 4 heterocycles. The van der Waals surface area contributed by atoms with Gasteiger partial charge in [-0.3, -0.25) is 19.6 Å². The van der Waals surface area contributed by atoms with Crippen LogP contribution in [0.5, 0.6) is 0 Å². The van der Waals surface area contributed by atoms with Crippen LogP contribution in [-0.2, 0) is 6.54 Å². The highest BCUT2D eigenvalue weighted by Crippen LogP contribution is 2.26. The van der Waals surface area contributed by atoms with Gasteiger partial charge in [-0.15, -0.1) is 0 Å². The normalized spacial score (nSPS) is 11.4. The largest absolute Gasteiger partial charge is 0.345 e. The van der Waals surface area contributed by atoms with Crippen molar-refractivity contribution in [2.45, 2.75) is 33.2 Å². The molecule has 0 aliphatic rings. The van der Waals surface area contributed by atoms with Crippen molar-refractivity contribution in [1.82, 2.24) is 29.9 Å². The van der Waals surface area contributed by atoms with Gasteiger partial charge in [0.1, 0.15) is 5.52 Å². The summed E-state index contributed by atoms with van der Waals surface area (Å²) in [7, 11) is 0. The van der Waals surface area contributed by atoms with Gasteiger partial charge < -0.3 is 10.3 Å². The Morgan fingerprint density at radius 2 is 2.00 bits per heavy atom. The van der Waals surface area contributed by atoms with Crippen LogP contribution >= 0.6 is 0 Å². The number of hydrogen-bond donors (Lipinski definition) is 2. The molecular formula is C26H24N6O2. The third kappa shape index (κ3) is 3.83. The van der Waals surface area contributed by atoms with Crippen molar-refractivity contribution in [3.63, 3.8) is 0 Å². The van der Waals surface area contributed by atoms with E-state index in [0.717, 1.165) is 27.7 Å². The van der Waals surface area contributed by atoms with Crippen molar-refractivity contribution in [3.05, 3.63) is 93.9 Å². The van der Waals surface area contributed by atoms with Gasteiger partial charge >= 0.3 is 0 Å². The molecule has 1 amide bonds. The van der Waals surface area contributed by atoms with E-state index in [4.69, 9.17) is 0 Å². The third-order valence-corrected chi connectivity index (χ3v) is 5.87. The summed E-state index contributed by atoms with van der Waals surface area (Å²) < 4.78 is 1.50. The van der Waals surface area contributed by atoms with E-state index in [-0.39, 0.29) is 29.6 Å². The van der Waals surface area contributed by atoms with Gasteiger partial charge in [0.15, 0.2) is 5.69 Å². The predicted octanol–water partition coefficient (Wildman–Crippen LogP) is 3.99. The summed E-state index contributed by atoms with van der Waals surface area (Å²) in [6.45, 7) is 6.18. The fourth-order valence-corrected chi connectivity index (χ4v) is 4.17. The summed E-state index contributed by atoms with van der Waals surface area (Å²) in [4.78, 5) is 37.9. The van der Waals surface area contributed by atoms with Gasteiger partial charge in [0, 0.05) is 28.9 Å². The second-order valence-electron chi connectivity index (χ2n) is 8.58. The van der Waals surface area contributed by atoms with E-state index >= 15 is 0 Å². The molecule has 0 spiro atoms. The molecule has 5 aromatic rings. The highest BCUT2D eigenvalue weighted by Gasteiger charge is 2.24. The zero-order valence-electron chi connectivity index (χ0n) is 19.2. The van der Waals surface area contributed by atoms with Gasteiger partial charge in [0.05, 0.1) is 29.6 Å². The Hall–Kier alpha value is -4.33. The first-order valence-electron chi connectivity index (χ1n) is 11.1. The second-order valence-corrected chi connectivity index (χ2v) is 8.58. The Kier molecular flexibility index (Phi) is 5.41. The topological polar surface area (TPSA) is 105 Å². The number of aryl methyl sites for hydroxylation is 1. The van der Waals surface area contributed by atoms with Gasteiger partial charge in [-0.1, -0.05) is 32.0 Å². The highest BCUT2D eigenvalue weighted by atomic mass is 16.2. The molecule has 5 rings (SSSR count). The summed E-state index contributed by atoms with van der Waals surface area (Å²) in [6.07, 6.45) is 5.14. The average molecular weight is 453 g/mol. The molecule has 0 fully saturated rings. The summed E-state index contributed by atoms with van der Waals surface area (Å²) in [5.74, 6) is -0.424. The van der Waals surface area contributed by atoms with E-state index in [1.54, 1.807) is 18.6 Å². The highest BCUT2D eigenvalue weighted by molar-refractivity contribution is 5.96. The molecule has 8 nitrogen and oxygen atoms in total. The van der Waals surface area contributed by atoms with E-state index in [1.807, 2.05) is 63.2 Å². The maximum atomic E-state index is 13.2. The summed E-state index contributed by atoms with van der Waals surface area (Å²) in [6, 6.07) is 13.5. The lowest BCUT2D eigenvalue weighted by Crippen LogP contribution is -2.25.